The lowest BCUT2D eigenvalue weighted by Gasteiger charge is -2.14. The molecule has 0 saturated heterocycles. The molecule has 0 aliphatic heterocycles. The van der Waals surface area contributed by atoms with Crippen molar-refractivity contribution in [3.8, 4) is 11.5 Å². The van der Waals surface area contributed by atoms with E-state index in [0.717, 1.165) is 5.69 Å². The lowest BCUT2D eigenvalue weighted by molar-refractivity contribution is 0.405. The summed E-state index contributed by atoms with van der Waals surface area (Å²) >= 11 is 6.07. The minimum atomic E-state index is 0.472. The maximum atomic E-state index is 6.07. The van der Waals surface area contributed by atoms with E-state index in [9.17, 15) is 0 Å². The third kappa shape index (κ3) is 2.88. The third-order valence-electron chi connectivity index (χ3n) is 2.79. The van der Waals surface area contributed by atoms with Crippen molar-refractivity contribution in [2.45, 2.75) is 6.92 Å². The van der Waals surface area contributed by atoms with Gasteiger partial charge in [0.25, 0.3) is 0 Å². The summed E-state index contributed by atoms with van der Waals surface area (Å²) < 4.78 is 10.5. The van der Waals surface area contributed by atoms with Gasteiger partial charge < -0.3 is 20.5 Å². The summed E-state index contributed by atoms with van der Waals surface area (Å²) in [6, 6.07) is 7.06. The van der Waals surface area contributed by atoms with Gasteiger partial charge in [0, 0.05) is 17.8 Å². The molecule has 20 heavy (non-hydrogen) atoms. The van der Waals surface area contributed by atoms with E-state index in [1.165, 1.54) is 0 Å². The molecule has 0 fully saturated rings. The Labute approximate surface area is 122 Å². The summed E-state index contributed by atoms with van der Waals surface area (Å²) in [4.78, 5) is 4.36. The van der Waals surface area contributed by atoms with Gasteiger partial charge in [-0.2, -0.15) is 0 Å². The van der Waals surface area contributed by atoms with Crippen LogP contribution in [-0.2, 0) is 0 Å². The summed E-state index contributed by atoms with van der Waals surface area (Å²) in [5.41, 5.74) is 8.00. The van der Waals surface area contributed by atoms with Gasteiger partial charge in [-0.25, -0.2) is 4.98 Å². The first-order valence-electron chi connectivity index (χ1n) is 5.96. The number of pyridine rings is 1. The van der Waals surface area contributed by atoms with E-state index in [0.29, 0.717) is 33.7 Å². The maximum absolute atomic E-state index is 6.07. The molecule has 2 rings (SSSR count). The zero-order valence-electron chi connectivity index (χ0n) is 11.5. The van der Waals surface area contributed by atoms with Gasteiger partial charge in [0.2, 0.25) is 0 Å². The minimum Gasteiger partial charge on any atom is -0.495 e. The van der Waals surface area contributed by atoms with E-state index in [2.05, 4.69) is 10.3 Å². The minimum absolute atomic E-state index is 0.472. The maximum Gasteiger partial charge on any atom is 0.153 e. The molecule has 0 amide bonds. The van der Waals surface area contributed by atoms with E-state index in [1.807, 2.05) is 13.0 Å². The molecular weight excluding hydrogens is 278 g/mol. The number of hydrogen-bond donors (Lipinski definition) is 2. The number of nitrogens with zero attached hydrogens (tertiary/aromatic N) is 1. The number of halogens is 1. The fraction of sp³-hybridized carbons (Fsp3) is 0.214. The number of ether oxygens (including phenoxy) is 2. The van der Waals surface area contributed by atoms with Gasteiger partial charge in [-0.3, -0.25) is 0 Å². The smallest absolute Gasteiger partial charge is 0.153 e. The van der Waals surface area contributed by atoms with Crippen LogP contribution in [-0.4, -0.2) is 19.2 Å². The predicted molar refractivity (Wildman–Crippen MR) is 81.2 cm³/mol. The lowest BCUT2D eigenvalue weighted by Crippen LogP contribution is -2.02. The molecule has 0 aliphatic rings. The molecule has 0 spiro atoms. The van der Waals surface area contributed by atoms with E-state index in [4.69, 9.17) is 26.8 Å². The zero-order valence-corrected chi connectivity index (χ0v) is 12.3. The molecule has 0 atom stereocenters. The Morgan fingerprint density at radius 3 is 2.50 bits per heavy atom. The molecule has 0 radical (unpaired) electrons. The van der Waals surface area contributed by atoms with Crippen LogP contribution < -0.4 is 20.5 Å². The molecule has 0 unspecified atom stereocenters. The summed E-state index contributed by atoms with van der Waals surface area (Å²) in [6.07, 6.45) is 0. The summed E-state index contributed by atoms with van der Waals surface area (Å²) in [6.45, 7) is 1.89. The van der Waals surface area contributed by atoms with Gasteiger partial charge in [-0.1, -0.05) is 11.6 Å². The predicted octanol–water partition coefficient (Wildman–Crippen LogP) is 3.39. The lowest BCUT2D eigenvalue weighted by atomic mass is 10.2. The summed E-state index contributed by atoms with van der Waals surface area (Å²) in [7, 11) is 3.12. The Balaban J connectivity index is 2.44. The first kappa shape index (κ1) is 14.3. The van der Waals surface area contributed by atoms with Gasteiger partial charge >= 0.3 is 0 Å². The van der Waals surface area contributed by atoms with Crippen LogP contribution in [0.2, 0.25) is 5.02 Å². The number of nitrogens with one attached hydrogen (secondary N) is 1. The van der Waals surface area contributed by atoms with Gasteiger partial charge in [-0.15, -0.1) is 0 Å². The molecule has 1 heterocycles. The normalized spacial score (nSPS) is 10.2. The molecule has 0 saturated carbocycles. The van der Waals surface area contributed by atoms with Crippen molar-refractivity contribution < 1.29 is 9.47 Å². The second-order valence-electron chi connectivity index (χ2n) is 4.20. The van der Waals surface area contributed by atoms with Crippen LogP contribution >= 0.6 is 11.6 Å². The average Bonchev–Trinajstić information content (AvgIpc) is 2.44. The average molecular weight is 294 g/mol. The van der Waals surface area contributed by atoms with Crippen molar-refractivity contribution >= 4 is 28.8 Å². The molecule has 0 bridgehead atoms. The number of nitrogen functional groups attached to an aromatic ring is 1. The van der Waals surface area contributed by atoms with Crippen molar-refractivity contribution in [2.24, 2.45) is 0 Å². The Kier molecular flexibility index (Phi) is 4.20. The van der Waals surface area contributed by atoms with Crippen molar-refractivity contribution in [1.82, 2.24) is 4.98 Å². The summed E-state index contributed by atoms with van der Waals surface area (Å²) in [5.74, 6) is 1.69. The monoisotopic (exact) mass is 293 g/mol. The Bertz CT molecular complexity index is 632. The quantitative estimate of drug-likeness (QED) is 0.904. The second kappa shape index (κ2) is 5.88. The molecular formula is C14H16ClN3O2. The Hall–Kier alpha value is -2.14. The molecule has 5 nitrogen and oxygen atoms in total. The number of rotatable bonds is 4. The number of benzene rings is 1. The van der Waals surface area contributed by atoms with Gasteiger partial charge in [0.15, 0.2) is 5.82 Å². The first-order valence-corrected chi connectivity index (χ1v) is 6.34. The molecule has 1 aromatic carbocycles. The highest BCUT2D eigenvalue weighted by atomic mass is 35.5. The highest BCUT2D eigenvalue weighted by Crippen LogP contribution is 2.37. The van der Waals surface area contributed by atoms with E-state index in [-0.39, 0.29) is 0 Å². The summed E-state index contributed by atoms with van der Waals surface area (Å²) in [5, 5.41) is 3.61. The number of aromatic nitrogens is 1. The number of methoxy groups -OCH3 is 2. The largest absolute Gasteiger partial charge is 0.495 e. The van der Waals surface area contributed by atoms with Crippen LogP contribution in [0.15, 0.2) is 24.3 Å². The van der Waals surface area contributed by atoms with Gasteiger partial charge in [0.1, 0.15) is 11.5 Å². The van der Waals surface area contributed by atoms with E-state index < -0.39 is 0 Å². The molecule has 106 valence electrons. The van der Waals surface area contributed by atoms with Crippen LogP contribution in [0.4, 0.5) is 17.2 Å². The molecule has 1 aromatic heterocycles. The van der Waals surface area contributed by atoms with Crippen molar-refractivity contribution in [2.75, 3.05) is 25.3 Å². The van der Waals surface area contributed by atoms with Crippen LogP contribution in [0.5, 0.6) is 11.5 Å². The fourth-order valence-corrected chi connectivity index (χ4v) is 1.98. The fourth-order valence-electron chi connectivity index (χ4n) is 1.75. The second-order valence-corrected chi connectivity index (χ2v) is 4.61. The zero-order chi connectivity index (χ0) is 14.7. The first-order chi connectivity index (χ1) is 9.55. The van der Waals surface area contributed by atoms with Crippen molar-refractivity contribution in [3.63, 3.8) is 0 Å². The highest BCUT2D eigenvalue weighted by molar-refractivity contribution is 6.32. The van der Waals surface area contributed by atoms with Crippen LogP contribution in [0, 0.1) is 6.92 Å². The number of aryl methyl sites for hydroxylation is 1. The molecule has 0 aliphatic carbocycles. The Morgan fingerprint density at radius 2 is 1.85 bits per heavy atom. The SMILES string of the molecule is COc1cc(Nc2nc(C)ccc2N)c(OC)cc1Cl. The molecule has 2 aromatic rings. The number of hydrogen-bond acceptors (Lipinski definition) is 5. The highest BCUT2D eigenvalue weighted by Gasteiger charge is 2.12. The van der Waals surface area contributed by atoms with E-state index >= 15 is 0 Å². The number of anilines is 3. The standard InChI is InChI=1S/C14H16ClN3O2/c1-8-4-5-10(16)14(17-8)18-11-7-12(19-2)9(15)6-13(11)20-3/h4-7H,16H2,1-3H3,(H,17,18). The van der Waals surface area contributed by atoms with Crippen LogP contribution in [0.25, 0.3) is 0 Å². The molecule has 6 heteroatoms. The van der Waals surface area contributed by atoms with Gasteiger partial charge in [0.05, 0.1) is 30.6 Å². The van der Waals surface area contributed by atoms with Crippen LogP contribution in [0.3, 0.4) is 0 Å². The molecule has 3 N–H and O–H groups in total. The Morgan fingerprint density at radius 1 is 1.15 bits per heavy atom. The van der Waals surface area contributed by atoms with Crippen molar-refractivity contribution in [3.05, 3.63) is 35.0 Å². The van der Waals surface area contributed by atoms with E-state index in [1.54, 1.807) is 32.4 Å². The van der Waals surface area contributed by atoms with Gasteiger partial charge in [-0.05, 0) is 19.1 Å². The number of nitrogens with two attached hydrogens (primary N) is 1. The third-order valence-corrected chi connectivity index (χ3v) is 3.09. The van der Waals surface area contributed by atoms with Crippen LogP contribution in [0.1, 0.15) is 5.69 Å². The van der Waals surface area contributed by atoms with Crippen molar-refractivity contribution in [1.29, 1.82) is 0 Å². The topological polar surface area (TPSA) is 69.4 Å².